The zero-order valence-corrected chi connectivity index (χ0v) is 10.8. The minimum atomic E-state index is -1.03. The second-order valence-corrected chi connectivity index (χ2v) is 4.20. The standard InChI is InChI=1S/C13H15N3O3/c1-3-16(8-11(17)18)13(19)12-9-6-4-5-7-10(9)15(2)14-12/h4-7H,3,8H2,1-2H3,(H,17,18). The number of amides is 1. The Balaban J connectivity index is 2.43. The summed E-state index contributed by atoms with van der Waals surface area (Å²) < 4.78 is 1.62. The fourth-order valence-electron chi connectivity index (χ4n) is 2.01. The van der Waals surface area contributed by atoms with Crippen LogP contribution in [0.15, 0.2) is 24.3 Å². The summed E-state index contributed by atoms with van der Waals surface area (Å²) in [6.45, 7) is 1.75. The molecule has 0 bridgehead atoms. The number of hydrogen-bond donors (Lipinski definition) is 1. The van der Waals surface area contributed by atoms with Crippen molar-refractivity contribution in [1.29, 1.82) is 0 Å². The fraction of sp³-hybridized carbons (Fsp3) is 0.308. The third-order valence-corrected chi connectivity index (χ3v) is 2.96. The molecule has 0 unspecified atom stereocenters. The van der Waals surface area contributed by atoms with Gasteiger partial charge in [0.1, 0.15) is 6.54 Å². The van der Waals surface area contributed by atoms with Gasteiger partial charge in [-0.15, -0.1) is 0 Å². The lowest BCUT2D eigenvalue weighted by Crippen LogP contribution is -2.35. The lowest BCUT2D eigenvalue weighted by Gasteiger charge is -2.17. The Morgan fingerprint density at radius 1 is 1.37 bits per heavy atom. The van der Waals surface area contributed by atoms with Crippen LogP contribution in [0.4, 0.5) is 0 Å². The molecule has 1 aromatic heterocycles. The van der Waals surface area contributed by atoms with Gasteiger partial charge in [0.15, 0.2) is 5.69 Å². The maximum Gasteiger partial charge on any atom is 0.323 e. The monoisotopic (exact) mass is 261 g/mol. The van der Waals surface area contributed by atoms with Crippen molar-refractivity contribution < 1.29 is 14.7 Å². The third kappa shape index (κ3) is 2.42. The minimum Gasteiger partial charge on any atom is -0.480 e. The largest absolute Gasteiger partial charge is 0.480 e. The van der Waals surface area contributed by atoms with Crippen molar-refractivity contribution in [2.24, 2.45) is 7.05 Å². The van der Waals surface area contributed by atoms with Gasteiger partial charge in [0.2, 0.25) is 0 Å². The van der Waals surface area contributed by atoms with Crippen molar-refractivity contribution in [2.75, 3.05) is 13.1 Å². The molecule has 0 aliphatic rings. The highest BCUT2D eigenvalue weighted by Gasteiger charge is 2.22. The number of benzene rings is 1. The van der Waals surface area contributed by atoms with Crippen molar-refractivity contribution in [1.82, 2.24) is 14.7 Å². The normalized spacial score (nSPS) is 10.6. The molecule has 6 nitrogen and oxygen atoms in total. The number of aromatic nitrogens is 2. The van der Waals surface area contributed by atoms with Gasteiger partial charge in [-0.25, -0.2) is 0 Å². The summed E-state index contributed by atoms with van der Waals surface area (Å²) in [6.07, 6.45) is 0. The molecule has 100 valence electrons. The Morgan fingerprint density at radius 2 is 2.05 bits per heavy atom. The first-order chi connectivity index (χ1) is 9.04. The molecule has 2 rings (SSSR count). The predicted octanol–water partition coefficient (Wildman–Crippen LogP) is 1.12. The van der Waals surface area contributed by atoms with Crippen LogP contribution in [0.1, 0.15) is 17.4 Å². The molecule has 0 aliphatic carbocycles. The minimum absolute atomic E-state index is 0.293. The molecule has 0 atom stereocenters. The van der Waals surface area contributed by atoms with Crippen LogP contribution in [-0.4, -0.2) is 44.8 Å². The van der Waals surface area contributed by atoms with E-state index in [4.69, 9.17) is 5.11 Å². The zero-order chi connectivity index (χ0) is 14.0. The number of hydrogen-bond acceptors (Lipinski definition) is 3. The highest BCUT2D eigenvalue weighted by molar-refractivity contribution is 6.05. The fourth-order valence-corrected chi connectivity index (χ4v) is 2.01. The number of likely N-dealkylation sites (N-methyl/N-ethyl adjacent to an activating group) is 1. The summed E-state index contributed by atoms with van der Waals surface area (Å²) in [5.74, 6) is -1.39. The molecule has 0 radical (unpaired) electrons. The Hall–Kier alpha value is -2.37. The molecule has 1 aromatic carbocycles. The molecule has 1 amide bonds. The first-order valence-corrected chi connectivity index (χ1v) is 5.97. The van der Waals surface area contributed by atoms with Gasteiger partial charge in [0.05, 0.1) is 5.52 Å². The van der Waals surface area contributed by atoms with E-state index >= 15 is 0 Å². The van der Waals surface area contributed by atoms with Crippen LogP contribution in [-0.2, 0) is 11.8 Å². The first kappa shape index (κ1) is 13.1. The number of carbonyl (C=O) groups excluding carboxylic acids is 1. The average molecular weight is 261 g/mol. The van der Waals surface area contributed by atoms with Crippen LogP contribution in [0.5, 0.6) is 0 Å². The number of fused-ring (bicyclic) bond motifs is 1. The summed E-state index contributed by atoms with van der Waals surface area (Å²) in [5.41, 5.74) is 1.14. The van der Waals surface area contributed by atoms with Gasteiger partial charge >= 0.3 is 5.97 Å². The van der Waals surface area contributed by atoms with E-state index in [-0.39, 0.29) is 12.5 Å². The summed E-state index contributed by atoms with van der Waals surface area (Å²) >= 11 is 0. The number of para-hydroxylation sites is 1. The van der Waals surface area contributed by atoms with E-state index in [1.165, 1.54) is 4.90 Å². The Kier molecular flexibility index (Phi) is 3.50. The topological polar surface area (TPSA) is 75.4 Å². The number of carboxylic acids is 1. The number of aryl methyl sites for hydroxylation is 1. The van der Waals surface area contributed by atoms with E-state index in [1.807, 2.05) is 24.3 Å². The molecule has 0 fully saturated rings. The first-order valence-electron chi connectivity index (χ1n) is 5.97. The molecule has 1 N–H and O–H groups in total. The van der Waals surface area contributed by atoms with Crippen LogP contribution < -0.4 is 0 Å². The van der Waals surface area contributed by atoms with Crippen LogP contribution in [0.3, 0.4) is 0 Å². The van der Waals surface area contributed by atoms with Crippen LogP contribution in [0, 0.1) is 0 Å². The average Bonchev–Trinajstić information content (AvgIpc) is 2.73. The van der Waals surface area contributed by atoms with Crippen LogP contribution in [0.2, 0.25) is 0 Å². The van der Waals surface area contributed by atoms with E-state index in [0.29, 0.717) is 12.2 Å². The predicted molar refractivity (Wildman–Crippen MR) is 69.9 cm³/mol. The van der Waals surface area contributed by atoms with E-state index in [0.717, 1.165) is 10.9 Å². The van der Waals surface area contributed by atoms with Crippen molar-refractivity contribution in [3.8, 4) is 0 Å². The quantitative estimate of drug-likeness (QED) is 0.894. The summed E-state index contributed by atoms with van der Waals surface area (Å²) in [5, 5.41) is 13.7. The molecule has 0 saturated carbocycles. The van der Waals surface area contributed by atoms with Gasteiger partial charge in [-0.05, 0) is 13.0 Å². The number of rotatable bonds is 4. The molecule has 0 spiro atoms. The second-order valence-electron chi connectivity index (χ2n) is 4.20. The number of aliphatic carboxylic acids is 1. The molecule has 0 aliphatic heterocycles. The van der Waals surface area contributed by atoms with E-state index in [9.17, 15) is 9.59 Å². The van der Waals surface area contributed by atoms with Crippen molar-refractivity contribution in [3.63, 3.8) is 0 Å². The Labute approximate surface area is 110 Å². The molecule has 19 heavy (non-hydrogen) atoms. The zero-order valence-electron chi connectivity index (χ0n) is 10.8. The van der Waals surface area contributed by atoms with Gasteiger partial charge in [0, 0.05) is 19.0 Å². The smallest absolute Gasteiger partial charge is 0.323 e. The lowest BCUT2D eigenvalue weighted by molar-refractivity contribution is -0.137. The molecular formula is C13H15N3O3. The van der Waals surface area contributed by atoms with Gasteiger partial charge in [-0.2, -0.15) is 5.10 Å². The highest BCUT2D eigenvalue weighted by atomic mass is 16.4. The lowest BCUT2D eigenvalue weighted by atomic mass is 10.2. The molecule has 0 saturated heterocycles. The molecule has 6 heteroatoms. The van der Waals surface area contributed by atoms with Crippen LogP contribution in [0.25, 0.3) is 10.9 Å². The molecular weight excluding hydrogens is 246 g/mol. The van der Waals surface area contributed by atoms with E-state index in [2.05, 4.69) is 5.10 Å². The van der Waals surface area contributed by atoms with Gasteiger partial charge < -0.3 is 10.0 Å². The summed E-state index contributed by atoms with van der Waals surface area (Å²) in [4.78, 5) is 24.3. The van der Waals surface area contributed by atoms with Gasteiger partial charge in [-0.3, -0.25) is 14.3 Å². The van der Waals surface area contributed by atoms with Crippen molar-refractivity contribution in [3.05, 3.63) is 30.0 Å². The SMILES string of the molecule is CCN(CC(=O)O)C(=O)c1nn(C)c2ccccc12. The Morgan fingerprint density at radius 3 is 2.68 bits per heavy atom. The van der Waals surface area contributed by atoms with Crippen molar-refractivity contribution >= 4 is 22.8 Å². The second kappa shape index (κ2) is 5.09. The number of nitrogens with zero attached hydrogens (tertiary/aromatic N) is 3. The van der Waals surface area contributed by atoms with Crippen molar-refractivity contribution in [2.45, 2.75) is 6.92 Å². The van der Waals surface area contributed by atoms with Gasteiger partial charge in [0.25, 0.3) is 5.91 Å². The molecule has 2 aromatic rings. The summed E-state index contributed by atoms with van der Waals surface area (Å²) in [7, 11) is 1.76. The van der Waals surface area contributed by atoms with Crippen LogP contribution >= 0.6 is 0 Å². The van der Waals surface area contributed by atoms with Gasteiger partial charge in [-0.1, -0.05) is 18.2 Å². The summed E-state index contributed by atoms with van der Waals surface area (Å²) in [6, 6.07) is 7.37. The van der Waals surface area contributed by atoms with E-state index in [1.54, 1.807) is 18.7 Å². The maximum absolute atomic E-state index is 12.3. The third-order valence-electron chi connectivity index (χ3n) is 2.96. The number of carboxylic acid groups (broad SMARTS) is 1. The number of carbonyl (C=O) groups is 2. The Bertz CT molecular complexity index is 633. The van der Waals surface area contributed by atoms with E-state index < -0.39 is 5.97 Å². The molecule has 1 heterocycles. The maximum atomic E-state index is 12.3. The highest BCUT2D eigenvalue weighted by Crippen LogP contribution is 2.18.